The minimum absolute atomic E-state index is 0.304. The van der Waals surface area contributed by atoms with E-state index in [1.165, 1.54) is 0 Å². The predicted octanol–water partition coefficient (Wildman–Crippen LogP) is 3.49. The number of rotatable bonds is 0. The molecule has 0 bridgehead atoms. The highest BCUT2D eigenvalue weighted by Crippen LogP contribution is 2.38. The molecule has 0 unspecified atom stereocenters. The van der Waals surface area contributed by atoms with Crippen LogP contribution in [0.4, 0.5) is 0 Å². The van der Waals surface area contributed by atoms with Crippen LogP contribution in [0.2, 0.25) is 0 Å². The lowest BCUT2D eigenvalue weighted by molar-refractivity contribution is 0.979. The van der Waals surface area contributed by atoms with Gasteiger partial charge in [-0.2, -0.15) is 0 Å². The van der Waals surface area contributed by atoms with E-state index in [0.717, 1.165) is 43.6 Å². The summed E-state index contributed by atoms with van der Waals surface area (Å²) < 4.78 is 0. The van der Waals surface area contributed by atoms with Gasteiger partial charge < -0.3 is 9.97 Å². The molecule has 4 N–H and O–H groups in total. The monoisotopic (exact) mass is 340 g/mol. The maximum Gasteiger partial charge on any atom is 0.271 e. The van der Waals surface area contributed by atoms with E-state index < -0.39 is 0 Å². The van der Waals surface area contributed by atoms with Gasteiger partial charge in [0.2, 0.25) is 0 Å². The lowest BCUT2D eigenvalue weighted by atomic mass is 10.0. The molecule has 0 amide bonds. The number of nitrogens with one attached hydrogen (secondary N) is 4. The lowest BCUT2D eigenvalue weighted by Gasteiger charge is -2.03. The lowest BCUT2D eigenvalue weighted by Crippen LogP contribution is -2.19. The van der Waals surface area contributed by atoms with Crippen molar-refractivity contribution < 1.29 is 0 Å². The Balaban J connectivity index is 2.15. The Morgan fingerprint density at radius 2 is 0.962 bits per heavy atom. The van der Waals surface area contributed by atoms with Crippen LogP contribution in [-0.2, 0) is 0 Å². The first-order valence-electron chi connectivity index (χ1n) is 8.31. The van der Waals surface area contributed by atoms with Crippen LogP contribution in [0.5, 0.6) is 0 Å². The number of benzene rings is 3. The van der Waals surface area contributed by atoms with E-state index in [1.807, 2.05) is 48.5 Å². The third-order valence-electron chi connectivity index (χ3n) is 5.16. The summed E-state index contributed by atoms with van der Waals surface area (Å²) in [6.07, 6.45) is 0. The molecule has 3 aromatic carbocycles. The average molecular weight is 340 g/mol. The maximum atomic E-state index is 12.7. The zero-order valence-corrected chi connectivity index (χ0v) is 13.4. The molecule has 6 nitrogen and oxygen atoms in total. The molecular formula is C20H12N4O2. The van der Waals surface area contributed by atoms with Crippen molar-refractivity contribution in [1.82, 2.24) is 20.2 Å². The zero-order valence-electron chi connectivity index (χ0n) is 13.4. The molecule has 124 valence electrons. The molecule has 0 aliphatic rings. The summed E-state index contributed by atoms with van der Waals surface area (Å²) in [5.74, 6) is 0. The summed E-state index contributed by atoms with van der Waals surface area (Å²) in [6, 6.07) is 15.6. The molecule has 6 heteroatoms. The van der Waals surface area contributed by atoms with Gasteiger partial charge in [-0.05, 0) is 12.1 Å². The fourth-order valence-electron chi connectivity index (χ4n) is 4.12. The predicted molar refractivity (Wildman–Crippen MR) is 104 cm³/mol. The largest absolute Gasteiger partial charge is 0.353 e. The van der Waals surface area contributed by atoms with Crippen molar-refractivity contribution in [3.8, 4) is 0 Å². The molecule has 6 rings (SSSR count). The quantitative estimate of drug-likeness (QED) is 0.340. The molecule has 3 heterocycles. The Morgan fingerprint density at radius 1 is 0.538 bits per heavy atom. The molecule has 3 aromatic heterocycles. The van der Waals surface area contributed by atoms with Crippen LogP contribution in [0.15, 0.2) is 58.1 Å². The van der Waals surface area contributed by atoms with Crippen molar-refractivity contribution >= 4 is 54.4 Å². The molecular weight excluding hydrogens is 328 g/mol. The minimum atomic E-state index is -0.304. The van der Waals surface area contributed by atoms with Gasteiger partial charge >= 0.3 is 0 Å². The number of hydrogen-bond donors (Lipinski definition) is 4. The van der Waals surface area contributed by atoms with Crippen LogP contribution in [0.3, 0.4) is 0 Å². The minimum Gasteiger partial charge on any atom is -0.353 e. The second-order valence-corrected chi connectivity index (χ2v) is 6.50. The highest BCUT2D eigenvalue weighted by atomic mass is 16.1. The van der Waals surface area contributed by atoms with Crippen LogP contribution in [-0.4, -0.2) is 20.2 Å². The van der Waals surface area contributed by atoms with Crippen molar-refractivity contribution in [2.75, 3.05) is 0 Å². The summed E-state index contributed by atoms with van der Waals surface area (Å²) in [5.41, 5.74) is 2.91. The van der Waals surface area contributed by atoms with E-state index in [0.29, 0.717) is 10.8 Å². The van der Waals surface area contributed by atoms with E-state index in [-0.39, 0.29) is 11.1 Å². The Bertz CT molecular complexity index is 1510. The third kappa shape index (κ3) is 1.47. The average Bonchev–Trinajstić information content (AvgIpc) is 3.23. The smallest absolute Gasteiger partial charge is 0.271 e. The third-order valence-corrected chi connectivity index (χ3v) is 5.16. The standard InChI is InChI=1S/C20H12N4O2/c25-19-15-13-9-5-1-3-7-11(9)21-17(13)18-14(16(15)20(26)24-23-19)10-6-2-4-8-12(10)22-18/h1-8,21-22H,(H,23,25)(H,24,26). The van der Waals surface area contributed by atoms with E-state index in [1.54, 1.807) is 0 Å². The number of para-hydroxylation sites is 2. The molecule has 6 aromatic rings. The maximum absolute atomic E-state index is 12.7. The van der Waals surface area contributed by atoms with E-state index in [4.69, 9.17) is 0 Å². The van der Waals surface area contributed by atoms with Crippen molar-refractivity contribution in [3.63, 3.8) is 0 Å². The number of fused-ring (bicyclic) bond motifs is 10. The first-order valence-corrected chi connectivity index (χ1v) is 8.31. The highest BCUT2D eigenvalue weighted by molar-refractivity contribution is 6.34. The van der Waals surface area contributed by atoms with Gasteiger partial charge in [-0.25, -0.2) is 0 Å². The number of H-pyrrole nitrogens is 4. The van der Waals surface area contributed by atoms with Gasteiger partial charge in [0.05, 0.1) is 21.8 Å². The van der Waals surface area contributed by atoms with Crippen molar-refractivity contribution in [2.24, 2.45) is 0 Å². The Morgan fingerprint density at radius 3 is 1.42 bits per heavy atom. The van der Waals surface area contributed by atoms with Gasteiger partial charge in [-0.1, -0.05) is 36.4 Å². The fourth-order valence-corrected chi connectivity index (χ4v) is 4.12. The number of aromatic nitrogens is 4. The highest BCUT2D eigenvalue weighted by Gasteiger charge is 2.20. The van der Waals surface area contributed by atoms with E-state index in [9.17, 15) is 9.59 Å². The van der Waals surface area contributed by atoms with E-state index >= 15 is 0 Å². The summed E-state index contributed by atoms with van der Waals surface area (Å²) in [6.45, 7) is 0. The second kappa shape index (κ2) is 4.43. The second-order valence-electron chi connectivity index (χ2n) is 6.50. The molecule has 0 atom stereocenters. The molecule has 0 fully saturated rings. The van der Waals surface area contributed by atoms with E-state index in [2.05, 4.69) is 20.2 Å². The SMILES string of the molecule is O=c1[nH][nH]c(=O)c2c1c1c3ccccc3[nH]c1c1[nH]c3ccccc3c12. The number of aromatic amines is 4. The topological polar surface area (TPSA) is 97.3 Å². The Hall–Kier alpha value is -3.80. The summed E-state index contributed by atoms with van der Waals surface area (Å²) in [7, 11) is 0. The molecule has 26 heavy (non-hydrogen) atoms. The molecule has 0 spiro atoms. The number of hydrogen-bond acceptors (Lipinski definition) is 2. The van der Waals surface area contributed by atoms with Crippen molar-refractivity contribution in [1.29, 1.82) is 0 Å². The summed E-state index contributed by atoms with van der Waals surface area (Å²) >= 11 is 0. The normalized spacial score (nSPS) is 12.2. The Labute approximate surface area is 144 Å². The van der Waals surface area contributed by atoms with Gasteiger partial charge in [0, 0.05) is 32.6 Å². The molecule has 0 radical (unpaired) electrons. The molecule has 0 aliphatic carbocycles. The summed E-state index contributed by atoms with van der Waals surface area (Å²) in [4.78, 5) is 32.3. The van der Waals surface area contributed by atoms with Gasteiger partial charge in [0.1, 0.15) is 0 Å². The Kier molecular flexibility index (Phi) is 2.30. The fraction of sp³-hybridized carbons (Fsp3) is 0. The molecule has 0 saturated carbocycles. The first-order chi connectivity index (χ1) is 12.7. The zero-order chi connectivity index (χ0) is 17.4. The van der Waals surface area contributed by atoms with Crippen LogP contribution in [0.1, 0.15) is 0 Å². The molecule has 0 saturated heterocycles. The van der Waals surface area contributed by atoms with Crippen LogP contribution in [0.25, 0.3) is 54.4 Å². The van der Waals surface area contributed by atoms with Crippen molar-refractivity contribution in [3.05, 3.63) is 69.2 Å². The first kappa shape index (κ1) is 13.5. The van der Waals surface area contributed by atoms with Gasteiger partial charge in [0.15, 0.2) is 0 Å². The van der Waals surface area contributed by atoms with Gasteiger partial charge in [-0.15, -0.1) is 0 Å². The molecule has 0 aliphatic heterocycles. The van der Waals surface area contributed by atoms with Gasteiger partial charge in [-0.3, -0.25) is 19.8 Å². The van der Waals surface area contributed by atoms with Gasteiger partial charge in [0.25, 0.3) is 11.1 Å². The van der Waals surface area contributed by atoms with Crippen LogP contribution < -0.4 is 11.1 Å². The van der Waals surface area contributed by atoms with Crippen LogP contribution >= 0.6 is 0 Å². The van der Waals surface area contributed by atoms with Crippen molar-refractivity contribution in [2.45, 2.75) is 0 Å². The summed E-state index contributed by atoms with van der Waals surface area (Å²) in [5, 5.41) is 9.16. The van der Waals surface area contributed by atoms with Crippen LogP contribution in [0, 0.1) is 0 Å².